The number of nitrogens with one attached hydrogen (secondary N) is 1. The Morgan fingerprint density at radius 1 is 1.16 bits per heavy atom. The quantitative estimate of drug-likeness (QED) is 0.788. The Hall–Kier alpha value is -2.88. The maximum Gasteiger partial charge on any atom is 0.220 e. The van der Waals surface area contributed by atoms with Crippen molar-refractivity contribution in [3.63, 3.8) is 0 Å². The number of hydrogen-bond acceptors (Lipinski definition) is 3. The summed E-state index contributed by atoms with van der Waals surface area (Å²) in [7, 11) is 0. The van der Waals surface area contributed by atoms with Gasteiger partial charge in [0.2, 0.25) is 5.91 Å². The van der Waals surface area contributed by atoms with E-state index in [1.54, 1.807) is 6.92 Å². The van der Waals surface area contributed by atoms with Crippen LogP contribution in [0.15, 0.2) is 48.7 Å². The van der Waals surface area contributed by atoms with Crippen LogP contribution in [-0.4, -0.2) is 15.8 Å². The minimum atomic E-state index is 0.128. The minimum Gasteiger partial charge on any atom is -0.381 e. The predicted octanol–water partition coefficient (Wildman–Crippen LogP) is 4.02. The molecule has 0 spiro atoms. The molecule has 0 fully saturated rings. The highest BCUT2D eigenvalue weighted by Gasteiger charge is 2.20. The van der Waals surface area contributed by atoms with Crippen LogP contribution in [0, 0.1) is 6.92 Å². The van der Waals surface area contributed by atoms with Crippen molar-refractivity contribution >= 4 is 22.5 Å². The highest BCUT2D eigenvalue weighted by molar-refractivity contribution is 5.83. The number of nitrogens with zero attached hydrogens (tertiary/aromatic N) is 2. The topological polar surface area (TPSA) is 45.2 Å². The van der Waals surface area contributed by atoms with E-state index < -0.39 is 0 Å². The summed E-state index contributed by atoms with van der Waals surface area (Å²) < 4.78 is 0. The first kappa shape index (κ1) is 15.6. The molecule has 3 aromatic rings. The first-order chi connectivity index (χ1) is 12.1. The molecule has 0 saturated heterocycles. The van der Waals surface area contributed by atoms with Crippen molar-refractivity contribution < 1.29 is 4.79 Å². The molecule has 0 atom stereocenters. The van der Waals surface area contributed by atoms with Crippen LogP contribution >= 0.6 is 0 Å². The normalized spacial score (nSPS) is 13.1. The molecular weight excluding hydrogens is 310 g/mol. The van der Waals surface area contributed by atoms with Crippen LogP contribution in [0.25, 0.3) is 10.9 Å². The van der Waals surface area contributed by atoms with E-state index in [4.69, 9.17) is 0 Å². The van der Waals surface area contributed by atoms with Gasteiger partial charge in [-0.1, -0.05) is 24.3 Å². The minimum absolute atomic E-state index is 0.128. The molecule has 0 aliphatic carbocycles. The van der Waals surface area contributed by atoms with Crippen LogP contribution < -0.4 is 5.32 Å². The molecule has 1 aliphatic heterocycles. The second kappa shape index (κ2) is 6.20. The smallest absolute Gasteiger partial charge is 0.220 e. The van der Waals surface area contributed by atoms with E-state index in [9.17, 15) is 4.79 Å². The van der Waals surface area contributed by atoms with Crippen molar-refractivity contribution in [1.29, 1.82) is 0 Å². The molecule has 0 radical (unpaired) electrons. The van der Waals surface area contributed by atoms with Gasteiger partial charge in [0, 0.05) is 49.4 Å². The van der Waals surface area contributed by atoms with Crippen molar-refractivity contribution in [1.82, 2.24) is 9.88 Å². The average molecular weight is 331 g/mol. The number of benzene rings is 2. The first-order valence-electron chi connectivity index (χ1n) is 8.56. The van der Waals surface area contributed by atoms with Crippen molar-refractivity contribution in [2.75, 3.05) is 5.32 Å². The van der Waals surface area contributed by atoms with Gasteiger partial charge in [-0.2, -0.15) is 0 Å². The molecule has 4 heteroatoms. The van der Waals surface area contributed by atoms with E-state index >= 15 is 0 Å². The molecule has 1 N–H and O–H groups in total. The maximum atomic E-state index is 11.6. The largest absolute Gasteiger partial charge is 0.381 e. The van der Waals surface area contributed by atoms with E-state index in [1.807, 2.05) is 17.2 Å². The fourth-order valence-corrected chi connectivity index (χ4v) is 3.45. The van der Waals surface area contributed by atoms with Crippen LogP contribution in [0.3, 0.4) is 0 Å². The monoisotopic (exact) mass is 331 g/mol. The zero-order valence-electron chi connectivity index (χ0n) is 14.5. The van der Waals surface area contributed by atoms with Gasteiger partial charge in [-0.3, -0.25) is 9.78 Å². The van der Waals surface area contributed by atoms with Crippen LogP contribution in [0.1, 0.15) is 29.2 Å². The molecular formula is C21H21N3O. The number of fused-ring (bicyclic) bond motifs is 2. The number of carbonyl (C=O) groups is 1. The van der Waals surface area contributed by atoms with Crippen LogP contribution in [0.4, 0.5) is 5.69 Å². The fraction of sp³-hybridized carbons (Fsp3) is 0.238. The zero-order valence-corrected chi connectivity index (χ0v) is 14.5. The Labute approximate surface area is 147 Å². The van der Waals surface area contributed by atoms with E-state index in [2.05, 4.69) is 53.6 Å². The lowest BCUT2D eigenvalue weighted by atomic mass is 10.0. The summed E-state index contributed by atoms with van der Waals surface area (Å²) >= 11 is 0. The molecule has 4 nitrogen and oxygen atoms in total. The number of aromatic nitrogens is 1. The van der Waals surface area contributed by atoms with E-state index in [1.165, 1.54) is 22.3 Å². The van der Waals surface area contributed by atoms with Crippen molar-refractivity contribution in [2.45, 2.75) is 33.5 Å². The summed E-state index contributed by atoms with van der Waals surface area (Å²) in [6.07, 6.45) is 1.84. The molecule has 2 heterocycles. The van der Waals surface area contributed by atoms with Gasteiger partial charge < -0.3 is 10.2 Å². The first-order valence-corrected chi connectivity index (χ1v) is 8.56. The number of aryl methyl sites for hydroxylation is 1. The third-order valence-corrected chi connectivity index (χ3v) is 4.96. The fourth-order valence-electron chi connectivity index (χ4n) is 3.45. The van der Waals surface area contributed by atoms with Gasteiger partial charge in [-0.25, -0.2) is 0 Å². The summed E-state index contributed by atoms with van der Waals surface area (Å²) in [6.45, 7) is 5.90. The molecule has 4 rings (SSSR count). The second-order valence-electron chi connectivity index (χ2n) is 6.65. The number of pyridine rings is 1. The van der Waals surface area contributed by atoms with Crippen molar-refractivity contribution in [3.8, 4) is 0 Å². The van der Waals surface area contributed by atoms with Gasteiger partial charge in [-0.05, 0) is 41.8 Å². The second-order valence-corrected chi connectivity index (χ2v) is 6.65. The van der Waals surface area contributed by atoms with Gasteiger partial charge in [0.1, 0.15) is 0 Å². The van der Waals surface area contributed by atoms with E-state index in [0.29, 0.717) is 6.54 Å². The molecule has 2 aromatic carbocycles. The molecule has 0 saturated carbocycles. The van der Waals surface area contributed by atoms with Crippen LogP contribution in [0.5, 0.6) is 0 Å². The molecule has 1 aromatic heterocycles. The number of anilines is 1. The lowest BCUT2D eigenvalue weighted by Crippen LogP contribution is -2.21. The lowest BCUT2D eigenvalue weighted by Gasteiger charge is -2.12. The lowest BCUT2D eigenvalue weighted by molar-refractivity contribution is -0.129. The summed E-state index contributed by atoms with van der Waals surface area (Å²) in [6, 6.07) is 14.7. The molecule has 0 bridgehead atoms. The number of amides is 1. The summed E-state index contributed by atoms with van der Waals surface area (Å²) in [5, 5.41) is 4.69. The third-order valence-electron chi connectivity index (χ3n) is 4.96. The molecule has 1 aliphatic rings. The summed E-state index contributed by atoms with van der Waals surface area (Å²) in [5.41, 5.74) is 7.07. The Kier molecular flexibility index (Phi) is 3.88. The average Bonchev–Trinajstić information content (AvgIpc) is 3.04. The van der Waals surface area contributed by atoms with Gasteiger partial charge >= 0.3 is 0 Å². The Morgan fingerprint density at radius 3 is 2.84 bits per heavy atom. The van der Waals surface area contributed by atoms with Gasteiger partial charge in [0.15, 0.2) is 0 Å². The van der Waals surface area contributed by atoms with Gasteiger partial charge in [-0.15, -0.1) is 0 Å². The van der Waals surface area contributed by atoms with Gasteiger partial charge in [0.05, 0.1) is 5.52 Å². The molecule has 0 unspecified atom stereocenters. The van der Waals surface area contributed by atoms with Crippen molar-refractivity contribution in [2.24, 2.45) is 0 Å². The predicted molar refractivity (Wildman–Crippen MR) is 100 cm³/mol. The molecule has 1 amide bonds. The Morgan fingerprint density at radius 2 is 2.00 bits per heavy atom. The number of hydrogen-bond donors (Lipinski definition) is 1. The van der Waals surface area contributed by atoms with Crippen LogP contribution in [-0.2, 0) is 24.4 Å². The summed E-state index contributed by atoms with van der Waals surface area (Å²) in [4.78, 5) is 18.0. The molecule has 25 heavy (non-hydrogen) atoms. The SMILES string of the molecule is CC(=O)N1Cc2ccc(NCc3c(C)ccc4cccnc34)cc2C1. The van der Waals surface area contributed by atoms with E-state index in [-0.39, 0.29) is 5.91 Å². The van der Waals surface area contributed by atoms with Crippen LogP contribution in [0.2, 0.25) is 0 Å². The number of rotatable bonds is 3. The highest BCUT2D eigenvalue weighted by Crippen LogP contribution is 2.27. The van der Waals surface area contributed by atoms with E-state index in [0.717, 1.165) is 29.7 Å². The Balaban J connectivity index is 1.57. The highest BCUT2D eigenvalue weighted by atomic mass is 16.2. The zero-order chi connectivity index (χ0) is 17.4. The molecule has 126 valence electrons. The van der Waals surface area contributed by atoms with Crippen molar-refractivity contribution in [3.05, 3.63) is 70.9 Å². The van der Waals surface area contributed by atoms with Gasteiger partial charge in [0.25, 0.3) is 0 Å². The maximum absolute atomic E-state index is 11.6. The Bertz CT molecular complexity index is 965. The number of carbonyl (C=O) groups excluding carboxylic acids is 1. The third kappa shape index (κ3) is 2.95. The standard InChI is InChI=1S/C21H21N3O/c1-14-5-6-16-4-3-9-22-21(16)20(14)11-23-19-8-7-17-12-24(15(2)25)13-18(17)10-19/h3-10,23H,11-13H2,1-2H3. The summed E-state index contributed by atoms with van der Waals surface area (Å²) in [5.74, 6) is 0.128.